The SMILES string of the molecule is CC(C)(C)C(=O)OCCl.CC(C)(C)C(=O)OCOC(=O)c1sc2cccc(Cl)c2c1COc1ccc(C(N)=O)cc1.NC(=O)c1ccc(OCc2c(C(=O)O)sc3cccc(Cl)c23)cc1. The standard InChI is InChI=1S/C23H22ClNO6S.C17H12ClNO4S.C6H11ClO2/c1-23(2,3)22(28)31-12-30-21(27)19-15(18-16(24)5-4-6-17(18)32-19)11-29-14-9-7-13(8-10-14)20(25)26;18-12-2-1-3-13-14(12)11(15(24-13)17(21)22)8-23-10-6-4-9(5-7-10)16(19)20;1-6(2,3)5(8)9-4-7/h4-10H,11-12H2,1-3H3,(H2,25,26);1-7H,8H2,(H2,19,20)(H,21,22);4H2,1-3H3. The first-order chi connectivity index (χ1) is 30.5. The molecule has 0 unspecified atom stereocenters. The van der Waals surface area contributed by atoms with Gasteiger partial charge in [0.2, 0.25) is 18.6 Å². The van der Waals surface area contributed by atoms with Gasteiger partial charge in [-0.05, 0) is 114 Å². The Balaban J connectivity index is 0.000000246. The largest absolute Gasteiger partial charge is 0.489 e. The van der Waals surface area contributed by atoms with E-state index in [1.807, 2.05) is 12.1 Å². The molecule has 19 heteroatoms. The molecule has 0 aliphatic carbocycles. The number of carboxylic acids is 1. The molecule has 4 aromatic carbocycles. The van der Waals surface area contributed by atoms with E-state index in [1.54, 1.807) is 114 Å². The van der Waals surface area contributed by atoms with Crippen molar-refractivity contribution in [2.24, 2.45) is 22.3 Å². The van der Waals surface area contributed by atoms with E-state index in [0.717, 1.165) is 20.7 Å². The van der Waals surface area contributed by atoms with Gasteiger partial charge < -0.3 is 40.3 Å². The van der Waals surface area contributed by atoms with Crippen LogP contribution in [0.25, 0.3) is 20.2 Å². The van der Waals surface area contributed by atoms with Gasteiger partial charge in [0, 0.05) is 52.5 Å². The van der Waals surface area contributed by atoms with Gasteiger partial charge in [-0.2, -0.15) is 0 Å². The lowest BCUT2D eigenvalue weighted by atomic mass is 9.98. The number of esters is 3. The van der Waals surface area contributed by atoms with Crippen molar-refractivity contribution in [2.75, 3.05) is 12.9 Å². The number of alkyl halides is 1. The molecule has 0 spiro atoms. The van der Waals surface area contributed by atoms with Crippen molar-refractivity contribution in [2.45, 2.75) is 54.8 Å². The number of fused-ring (bicyclic) bond motifs is 2. The number of rotatable bonds is 13. The lowest BCUT2D eigenvalue weighted by molar-refractivity contribution is -0.161. The normalized spacial score (nSPS) is 11.0. The molecule has 344 valence electrons. The molecule has 0 bridgehead atoms. The van der Waals surface area contributed by atoms with Crippen LogP contribution in [0.1, 0.15) is 92.7 Å². The first-order valence-electron chi connectivity index (χ1n) is 19.3. The number of carbonyl (C=O) groups is 6. The molecule has 0 aliphatic rings. The molecule has 2 amide bonds. The van der Waals surface area contributed by atoms with Gasteiger partial charge in [-0.1, -0.05) is 46.9 Å². The van der Waals surface area contributed by atoms with Crippen molar-refractivity contribution in [1.82, 2.24) is 0 Å². The second-order valence-corrected chi connectivity index (χ2v) is 18.9. The van der Waals surface area contributed by atoms with Crippen LogP contribution in [0.3, 0.4) is 0 Å². The Morgan fingerprint density at radius 3 is 1.35 bits per heavy atom. The van der Waals surface area contributed by atoms with E-state index >= 15 is 0 Å². The maximum atomic E-state index is 12.8. The summed E-state index contributed by atoms with van der Waals surface area (Å²) in [4.78, 5) is 69.7. The first-order valence-corrected chi connectivity index (χ1v) is 22.2. The number of halogens is 3. The van der Waals surface area contributed by atoms with Crippen LogP contribution < -0.4 is 20.9 Å². The Morgan fingerprint density at radius 2 is 0.985 bits per heavy atom. The van der Waals surface area contributed by atoms with Crippen LogP contribution in [0.15, 0.2) is 84.9 Å². The molecular formula is C46H45Cl3N2O12S2. The molecule has 2 aromatic heterocycles. The van der Waals surface area contributed by atoms with Crippen LogP contribution in [0.2, 0.25) is 10.0 Å². The molecule has 0 radical (unpaired) electrons. The number of ether oxygens (including phenoxy) is 5. The molecule has 0 fully saturated rings. The summed E-state index contributed by atoms with van der Waals surface area (Å²) in [5.74, 6) is -2.48. The highest BCUT2D eigenvalue weighted by molar-refractivity contribution is 7.21. The first kappa shape index (κ1) is 51.7. The van der Waals surface area contributed by atoms with Crippen molar-refractivity contribution in [3.05, 3.63) is 127 Å². The van der Waals surface area contributed by atoms with E-state index in [0.29, 0.717) is 59.4 Å². The van der Waals surface area contributed by atoms with Crippen molar-refractivity contribution in [3.8, 4) is 11.5 Å². The zero-order chi connectivity index (χ0) is 48.2. The van der Waals surface area contributed by atoms with Crippen molar-refractivity contribution in [3.63, 3.8) is 0 Å². The molecule has 0 saturated carbocycles. The summed E-state index contributed by atoms with van der Waals surface area (Å²) >= 11 is 20.1. The number of primary amides is 2. The third kappa shape index (κ3) is 14.3. The molecule has 14 nitrogen and oxygen atoms in total. The number of benzene rings is 4. The molecule has 6 rings (SSSR count). The van der Waals surface area contributed by atoms with Crippen molar-refractivity contribution < 1.29 is 57.6 Å². The summed E-state index contributed by atoms with van der Waals surface area (Å²) in [6.07, 6.45) is 0. The van der Waals surface area contributed by atoms with Crippen LogP contribution in [0, 0.1) is 10.8 Å². The molecule has 0 atom stereocenters. The van der Waals surface area contributed by atoms with Gasteiger partial charge >= 0.3 is 23.9 Å². The topological polar surface area (TPSA) is 221 Å². The van der Waals surface area contributed by atoms with Gasteiger partial charge in [-0.3, -0.25) is 19.2 Å². The second-order valence-electron chi connectivity index (χ2n) is 15.7. The number of thiophene rings is 2. The van der Waals surface area contributed by atoms with Gasteiger partial charge in [0.05, 0.1) is 10.8 Å². The minimum Gasteiger partial charge on any atom is -0.489 e. The van der Waals surface area contributed by atoms with Gasteiger partial charge in [0.1, 0.15) is 34.5 Å². The number of carboxylic acid groups (broad SMARTS) is 1. The number of carbonyl (C=O) groups excluding carboxylic acids is 5. The summed E-state index contributed by atoms with van der Waals surface area (Å²) in [7, 11) is 0. The predicted octanol–water partition coefficient (Wildman–Crippen LogP) is 10.6. The number of hydrogen-bond donors (Lipinski definition) is 3. The number of amides is 2. The van der Waals surface area contributed by atoms with Gasteiger partial charge in [-0.25, -0.2) is 9.59 Å². The Bertz CT molecular complexity index is 2690. The quantitative estimate of drug-likeness (QED) is 0.0559. The maximum absolute atomic E-state index is 12.8. The van der Waals surface area contributed by atoms with Crippen LogP contribution in [-0.4, -0.2) is 53.7 Å². The third-order valence-corrected chi connectivity index (χ3v) is 11.8. The van der Waals surface area contributed by atoms with Gasteiger partial charge in [-0.15, -0.1) is 22.7 Å². The number of nitrogens with two attached hydrogens (primary N) is 2. The Kier molecular flexibility index (Phi) is 18.2. The summed E-state index contributed by atoms with van der Waals surface area (Å²) in [6.45, 7) is 10.0. The monoisotopic (exact) mass is 986 g/mol. The molecule has 6 aromatic rings. The summed E-state index contributed by atoms with van der Waals surface area (Å²) in [5, 5.41) is 11.7. The second kappa shape index (κ2) is 22.8. The van der Waals surface area contributed by atoms with E-state index in [9.17, 15) is 33.9 Å². The summed E-state index contributed by atoms with van der Waals surface area (Å²) in [6, 6.07) is 23.2. The van der Waals surface area contributed by atoms with E-state index in [4.69, 9.17) is 65.2 Å². The lowest BCUT2D eigenvalue weighted by Gasteiger charge is -2.16. The predicted molar refractivity (Wildman–Crippen MR) is 251 cm³/mol. The van der Waals surface area contributed by atoms with E-state index < -0.39 is 47.3 Å². The molecule has 65 heavy (non-hydrogen) atoms. The van der Waals surface area contributed by atoms with Gasteiger partial charge in [0.15, 0.2) is 6.07 Å². The average molecular weight is 988 g/mol. The Hall–Kier alpha value is -5.91. The smallest absolute Gasteiger partial charge is 0.351 e. The minimum absolute atomic E-state index is 0.0336. The van der Waals surface area contributed by atoms with Gasteiger partial charge in [0.25, 0.3) is 0 Å². The van der Waals surface area contributed by atoms with E-state index in [1.165, 1.54) is 11.3 Å². The van der Waals surface area contributed by atoms with Crippen LogP contribution in [-0.2, 0) is 37.0 Å². The molecule has 5 N–H and O–H groups in total. The summed E-state index contributed by atoms with van der Waals surface area (Å²) in [5.41, 5.74) is 11.1. The zero-order valence-electron chi connectivity index (χ0n) is 36.0. The molecular weight excluding hydrogens is 943 g/mol. The number of hydrogen-bond acceptors (Lipinski definition) is 13. The van der Waals surface area contributed by atoms with Crippen LogP contribution >= 0.6 is 57.5 Å². The summed E-state index contributed by atoms with van der Waals surface area (Å²) < 4.78 is 27.8. The Labute approximate surface area is 397 Å². The van der Waals surface area contributed by atoms with Crippen molar-refractivity contribution in [1.29, 1.82) is 0 Å². The molecule has 0 saturated heterocycles. The average Bonchev–Trinajstić information content (AvgIpc) is 3.82. The van der Waals surface area contributed by atoms with Crippen LogP contribution in [0.5, 0.6) is 11.5 Å². The molecule has 0 aliphatic heterocycles. The van der Waals surface area contributed by atoms with E-state index in [-0.39, 0.29) is 30.1 Å². The van der Waals surface area contributed by atoms with E-state index in [2.05, 4.69) is 4.74 Å². The molecule has 2 heterocycles. The fourth-order valence-corrected chi connectivity index (χ4v) is 8.36. The fourth-order valence-electron chi connectivity index (χ4n) is 5.37. The van der Waals surface area contributed by atoms with Crippen LogP contribution in [0.4, 0.5) is 0 Å². The lowest BCUT2D eigenvalue weighted by Crippen LogP contribution is -2.24. The highest BCUT2D eigenvalue weighted by Gasteiger charge is 2.26. The fraction of sp³-hybridized carbons (Fsp3) is 0.261. The Morgan fingerprint density at radius 1 is 0.585 bits per heavy atom. The minimum atomic E-state index is -1.02. The zero-order valence-corrected chi connectivity index (χ0v) is 39.9. The third-order valence-electron chi connectivity index (χ3n) is 8.74. The number of aromatic carboxylic acids is 1. The highest BCUT2D eigenvalue weighted by Crippen LogP contribution is 2.38. The van der Waals surface area contributed by atoms with Crippen molar-refractivity contribution >= 4 is 113 Å². The highest BCUT2D eigenvalue weighted by atomic mass is 35.5. The maximum Gasteiger partial charge on any atom is 0.351 e.